The minimum atomic E-state index is -0.699. The quantitative estimate of drug-likeness (QED) is 0.545. The Balaban J connectivity index is 2.23. The highest BCUT2D eigenvalue weighted by Crippen LogP contribution is 2.24. The molecule has 0 heterocycles. The molecule has 0 radical (unpaired) electrons. The Kier molecular flexibility index (Phi) is 9.20. The number of ether oxygens (including phenoxy) is 1. The van der Waals surface area contributed by atoms with Crippen molar-refractivity contribution in [3.8, 4) is 5.75 Å². The lowest BCUT2D eigenvalue weighted by Gasteiger charge is -2.30. The molecule has 0 saturated carbocycles. The molecule has 0 aromatic heterocycles. The number of rotatable bonds is 9. The Morgan fingerprint density at radius 1 is 1.13 bits per heavy atom. The smallest absolute Gasteiger partial charge is 0.261 e. The van der Waals surface area contributed by atoms with Gasteiger partial charge in [0.25, 0.3) is 5.91 Å². The lowest BCUT2D eigenvalue weighted by atomic mass is 10.1. The third kappa shape index (κ3) is 6.88. The van der Waals surface area contributed by atoms with Gasteiger partial charge in [-0.1, -0.05) is 48.3 Å². The number of benzene rings is 2. The largest absolute Gasteiger partial charge is 0.483 e. The number of hydrogen-bond acceptors (Lipinski definition) is 3. The van der Waals surface area contributed by atoms with Gasteiger partial charge in [0.05, 0.1) is 0 Å². The molecule has 0 spiro atoms. The molecule has 0 aliphatic rings. The Labute approximate surface area is 194 Å². The van der Waals surface area contributed by atoms with E-state index in [1.165, 1.54) is 4.90 Å². The second-order valence-corrected chi connectivity index (χ2v) is 8.58. The molecule has 0 aliphatic heterocycles. The van der Waals surface area contributed by atoms with Gasteiger partial charge in [0.1, 0.15) is 11.8 Å². The third-order valence-electron chi connectivity index (χ3n) is 5.43. The van der Waals surface area contributed by atoms with Crippen molar-refractivity contribution in [2.45, 2.75) is 59.7 Å². The Morgan fingerprint density at radius 2 is 1.84 bits per heavy atom. The van der Waals surface area contributed by atoms with Crippen LogP contribution < -0.4 is 10.1 Å². The molecule has 1 N–H and O–H groups in total. The maximum absolute atomic E-state index is 13.1. The average molecular weight is 465 g/mol. The molecule has 2 aromatic rings. The summed E-state index contributed by atoms with van der Waals surface area (Å²) in [6, 6.07) is 10.1. The average Bonchev–Trinajstić information content (AvgIpc) is 2.73. The van der Waals surface area contributed by atoms with Gasteiger partial charge in [0.15, 0.2) is 6.61 Å². The van der Waals surface area contributed by atoms with E-state index in [4.69, 9.17) is 27.9 Å². The zero-order chi connectivity index (χ0) is 23.1. The minimum Gasteiger partial charge on any atom is -0.483 e. The van der Waals surface area contributed by atoms with Crippen LogP contribution in [0.5, 0.6) is 5.75 Å². The van der Waals surface area contributed by atoms with E-state index in [1.807, 2.05) is 45.9 Å². The summed E-state index contributed by atoms with van der Waals surface area (Å²) in [5.74, 6) is 0.118. The molecule has 0 saturated heterocycles. The predicted molar refractivity (Wildman–Crippen MR) is 126 cm³/mol. The van der Waals surface area contributed by atoms with Gasteiger partial charge in [-0.05, 0) is 69.0 Å². The van der Waals surface area contributed by atoms with Crippen molar-refractivity contribution < 1.29 is 14.3 Å². The summed E-state index contributed by atoms with van der Waals surface area (Å²) in [6.45, 7) is 9.54. The number of carbonyl (C=O) groups excluding carboxylic acids is 2. The van der Waals surface area contributed by atoms with Crippen LogP contribution in [0.1, 0.15) is 43.9 Å². The summed E-state index contributed by atoms with van der Waals surface area (Å²) in [5.41, 5.74) is 2.76. The molecule has 168 valence electrons. The molecule has 0 bridgehead atoms. The normalized spacial score (nSPS) is 12.7. The second kappa shape index (κ2) is 11.4. The molecule has 2 rings (SSSR count). The Bertz CT molecular complexity index is 933. The highest BCUT2D eigenvalue weighted by molar-refractivity contribution is 6.35. The first kappa shape index (κ1) is 25.0. The monoisotopic (exact) mass is 464 g/mol. The predicted octanol–water partition coefficient (Wildman–Crippen LogP) is 5.32. The maximum atomic E-state index is 13.1. The van der Waals surface area contributed by atoms with Gasteiger partial charge in [0, 0.05) is 22.6 Å². The molecule has 7 heteroatoms. The first-order valence-corrected chi connectivity index (χ1v) is 11.1. The number of amides is 2. The number of halogens is 2. The maximum Gasteiger partial charge on any atom is 0.261 e. The molecule has 2 aromatic carbocycles. The highest BCUT2D eigenvalue weighted by atomic mass is 35.5. The van der Waals surface area contributed by atoms with Gasteiger partial charge in [-0.3, -0.25) is 9.59 Å². The van der Waals surface area contributed by atoms with Crippen molar-refractivity contribution in [3.05, 3.63) is 63.1 Å². The van der Waals surface area contributed by atoms with Crippen molar-refractivity contribution in [2.24, 2.45) is 0 Å². The van der Waals surface area contributed by atoms with E-state index < -0.39 is 6.04 Å². The van der Waals surface area contributed by atoms with Crippen LogP contribution in [0.15, 0.2) is 36.4 Å². The SMILES string of the molecule is CC[C@H](C)NC(=O)[C@@H](C)N(Cc1ccc(Cl)cc1Cl)C(=O)COc1cccc(C)c1C. The number of nitrogens with zero attached hydrogens (tertiary/aromatic N) is 1. The summed E-state index contributed by atoms with van der Waals surface area (Å²) in [7, 11) is 0. The number of hydrogen-bond donors (Lipinski definition) is 1. The second-order valence-electron chi connectivity index (χ2n) is 7.74. The van der Waals surface area contributed by atoms with Crippen LogP contribution in [-0.2, 0) is 16.1 Å². The van der Waals surface area contributed by atoms with Gasteiger partial charge >= 0.3 is 0 Å². The van der Waals surface area contributed by atoms with E-state index in [0.717, 1.165) is 17.5 Å². The summed E-state index contributed by atoms with van der Waals surface area (Å²) >= 11 is 12.3. The Hall–Kier alpha value is -2.24. The van der Waals surface area contributed by atoms with Crippen molar-refractivity contribution in [2.75, 3.05) is 6.61 Å². The molecule has 5 nitrogen and oxygen atoms in total. The molecule has 0 unspecified atom stereocenters. The van der Waals surface area contributed by atoms with Gasteiger partial charge in [0.2, 0.25) is 5.91 Å². The Morgan fingerprint density at radius 3 is 2.48 bits per heavy atom. The third-order valence-corrected chi connectivity index (χ3v) is 6.02. The lowest BCUT2D eigenvalue weighted by Crippen LogP contribution is -2.50. The number of carbonyl (C=O) groups is 2. The fourth-order valence-electron chi connectivity index (χ4n) is 2.98. The number of aryl methyl sites for hydroxylation is 1. The molecule has 31 heavy (non-hydrogen) atoms. The molecule has 2 atom stereocenters. The van der Waals surface area contributed by atoms with Crippen molar-refractivity contribution >= 4 is 35.0 Å². The van der Waals surface area contributed by atoms with Gasteiger partial charge in [-0.2, -0.15) is 0 Å². The van der Waals surface area contributed by atoms with Crippen molar-refractivity contribution in [1.29, 1.82) is 0 Å². The van der Waals surface area contributed by atoms with Gasteiger partial charge in [-0.15, -0.1) is 0 Å². The molecular weight excluding hydrogens is 435 g/mol. The van der Waals surface area contributed by atoms with Crippen LogP contribution in [0, 0.1) is 13.8 Å². The zero-order valence-electron chi connectivity index (χ0n) is 18.7. The summed E-state index contributed by atoms with van der Waals surface area (Å²) in [6.07, 6.45) is 0.797. The zero-order valence-corrected chi connectivity index (χ0v) is 20.2. The van der Waals surface area contributed by atoms with E-state index in [1.54, 1.807) is 25.1 Å². The van der Waals surface area contributed by atoms with E-state index in [-0.39, 0.29) is 31.0 Å². The van der Waals surface area contributed by atoms with E-state index >= 15 is 0 Å². The van der Waals surface area contributed by atoms with Crippen LogP contribution >= 0.6 is 23.2 Å². The van der Waals surface area contributed by atoms with E-state index in [9.17, 15) is 9.59 Å². The van der Waals surface area contributed by atoms with Crippen LogP contribution in [0.25, 0.3) is 0 Å². The number of nitrogens with one attached hydrogen (secondary N) is 1. The van der Waals surface area contributed by atoms with Gasteiger partial charge < -0.3 is 15.0 Å². The van der Waals surface area contributed by atoms with Crippen LogP contribution in [0.3, 0.4) is 0 Å². The highest BCUT2D eigenvalue weighted by Gasteiger charge is 2.28. The first-order valence-electron chi connectivity index (χ1n) is 10.4. The topological polar surface area (TPSA) is 58.6 Å². The van der Waals surface area contributed by atoms with Crippen LogP contribution in [-0.4, -0.2) is 35.4 Å². The fourth-order valence-corrected chi connectivity index (χ4v) is 3.45. The van der Waals surface area contributed by atoms with Crippen LogP contribution in [0.4, 0.5) is 0 Å². The summed E-state index contributed by atoms with van der Waals surface area (Å²) in [4.78, 5) is 27.4. The molecular formula is C24H30Cl2N2O3. The van der Waals surface area contributed by atoms with Crippen LogP contribution in [0.2, 0.25) is 10.0 Å². The van der Waals surface area contributed by atoms with Crippen molar-refractivity contribution in [3.63, 3.8) is 0 Å². The molecule has 0 fully saturated rings. The van der Waals surface area contributed by atoms with Crippen molar-refractivity contribution in [1.82, 2.24) is 10.2 Å². The molecule has 0 aliphatic carbocycles. The van der Waals surface area contributed by atoms with E-state index in [2.05, 4.69) is 5.32 Å². The summed E-state index contributed by atoms with van der Waals surface area (Å²) in [5, 5.41) is 3.88. The van der Waals surface area contributed by atoms with Gasteiger partial charge in [-0.25, -0.2) is 0 Å². The van der Waals surface area contributed by atoms with E-state index in [0.29, 0.717) is 21.4 Å². The fraction of sp³-hybridized carbons (Fsp3) is 0.417. The standard InChI is InChI=1S/C24H30Cl2N2O3/c1-6-16(3)27-24(30)18(5)28(13-19-10-11-20(25)12-21(19)26)23(29)14-31-22-9-7-8-15(2)17(22)4/h7-12,16,18H,6,13-14H2,1-5H3,(H,27,30)/t16-,18+/m0/s1. The minimum absolute atomic E-state index is 0.0113. The molecule has 2 amide bonds. The lowest BCUT2D eigenvalue weighted by molar-refractivity contribution is -0.142. The summed E-state index contributed by atoms with van der Waals surface area (Å²) < 4.78 is 5.80. The first-order chi connectivity index (χ1) is 14.6.